The van der Waals surface area contributed by atoms with Crippen LogP contribution in [0, 0.1) is 17.4 Å². The van der Waals surface area contributed by atoms with E-state index in [-0.39, 0.29) is 0 Å². The Bertz CT molecular complexity index is 602. The van der Waals surface area contributed by atoms with Crippen LogP contribution in [0.3, 0.4) is 0 Å². The van der Waals surface area contributed by atoms with Crippen molar-refractivity contribution in [2.45, 2.75) is 13.8 Å². The minimum absolute atomic E-state index is 0.451. The van der Waals surface area contributed by atoms with E-state index in [4.69, 9.17) is 23.2 Å². The SMILES string of the molecule is Cc1nc(Cl)c(C)c(Nc2ccc(I)cc2Cl)n1. The first-order chi connectivity index (χ1) is 8.47. The van der Waals surface area contributed by atoms with Crippen molar-refractivity contribution in [2.24, 2.45) is 0 Å². The zero-order valence-corrected chi connectivity index (χ0v) is 13.4. The standard InChI is InChI=1S/C12H10Cl2IN3/c1-6-11(14)16-7(2)17-12(6)18-10-4-3-8(15)5-9(10)13/h3-5H,1-2H3,(H,16,17,18). The van der Waals surface area contributed by atoms with Crippen LogP contribution in [0.1, 0.15) is 11.4 Å². The number of halogens is 3. The highest BCUT2D eigenvalue weighted by Gasteiger charge is 2.09. The third-order valence-electron chi connectivity index (χ3n) is 2.38. The average molecular weight is 394 g/mol. The maximum absolute atomic E-state index is 6.17. The summed E-state index contributed by atoms with van der Waals surface area (Å²) in [4.78, 5) is 8.42. The number of aromatic nitrogens is 2. The summed E-state index contributed by atoms with van der Waals surface area (Å²) >= 11 is 14.4. The van der Waals surface area contributed by atoms with Crippen LogP contribution >= 0.6 is 45.8 Å². The molecule has 0 spiro atoms. The van der Waals surface area contributed by atoms with Gasteiger partial charge in [-0.15, -0.1) is 0 Å². The van der Waals surface area contributed by atoms with Gasteiger partial charge in [-0.3, -0.25) is 0 Å². The minimum atomic E-state index is 0.451. The molecule has 0 fully saturated rings. The van der Waals surface area contributed by atoms with Crippen molar-refractivity contribution in [3.63, 3.8) is 0 Å². The Hall–Kier alpha value is -0.590. The van der Waals surface area contributed by atoms with Crippen molar-refractivity contribution in [1.29, 1.82) is 0 Å². The van der Waals surface area contributed by atoms with E-state index >= 15 is 0 Å². The molecule has 0 amide bonds. The Morgan fingerprint density at radius 2 is 1.89 bits per heavy atom. The van der Waals surface area contributed by atoms with Crippen molar-refractivity contribution < 1.29 is 0 Å². The van der Waals surface area contributed by atoms with Crippen LogP contribution in [0.25, 0.3) is 0 Å². The highest BCUT2D eigenvalue weighted by molar-refractivity contribution is 14.1. The van der Waals surface area contributed by atoms with E-state index in [0.717, 1.165) is 14.8 Å². The predicted octanol–water partition coefficient (Wildman–Crippen LogP) is 4.75. The molecular weight excluding hydrogens is 384 g/mol. The van der Waals surface area contributed by atoms with Crippen LogP contribution in [0.15, 0.2) is 18.2 Å². The van der Waals surface area contributed by atoms with E-state index in [1.54, 1.807) is 6.92 Å². The summed E-state index contributed by atoms with van der Waals surface area (Å²) in [6.45, 7) is 3.66. The molecular formula is C12H10Cl2IN3. The second-order valence-corrected chi connectivity index (χ2v) is 5.80. The molecule has 0 saturated heterocycles. The van der Waals surface area contributed by atoms with E-state index in [0.29, 0.717) is 21.8 Å². The van der Waals surface area contributed by atoms with Gasteiger partial charge >= 0.3 is 0 Å². The lowest BCUT2D eigenvalue weighted by Gasteiger charge is -2.11. The van der Waals surface area contributed by atoms with E-state index in [1.807, 2.05) is 25.1 Å². The first-order valence-corrected chi connectivity index (χ1v) is 7.03. The third-order valence-corrected chi connectivity index (χ3v) is 3.73. The van der Waals surface area contributed by atoms with Crippen LogP contribution in [0.2, 0.25) is 10.2 Å². The van der Waals surface area contributed by atoms with E-state index < -0.39 is 0 Å². The molecule has 94 valence electrons. The van der Waals surface area contributed by atoms with Gasteiger partial charge in [0, 0.05) is 9.13 Å². The molecule has 1 heterocycles. The van der Waals surface area contributed by atoms with Gasteiger partial charge in [0.1, 0.15) is 16.8 Å². The fourth-order valence-corrected chi connectivity index (χ4v) is 2.55. The number of aryl methyl sites for hydroxylation is 1. The Morgan fingerprint density at radius 3 is 2.56 bits per heavy atom. The smallest absolute Gasteiger partial charge is 0.138 e. The molecule has 0 aliphatic carbocycles. The molecule has 18 heavy (non-hydrogen) atoms. The van der Waals surface area contributed by atoms with Gasteiger partial charge in [-0.25, -0.2) is 9.97 Å². The molecule has 0 aliphatic rings. The second-order valence-electron chi connectivity index (χ2n) is 3.78. The summed E-state index contributed by atoms with van der Waals surface area (Å²) < 4.78 is 1.08. The predicted molar refractivity (Wildman–Crippen MR) is 84.0 cm³/mol. The summed E-state index contributed by atoms with van der Waals surface area (Å²) in [6, 6.07) is 5.77. The number of hydrogen-bond acceptors (Lipinski definition) is 3. The molecule has 1 aromatic heterocycles. The fraction of sp³-hybridized carbons (Fsp3) is 0.167. The molecule has 2 rings (SSSR count). The van der Waals surface area contributed by atoms with Crippen molar-refractivity contribution in [3.05, 3.63) is 43.3 Å². The van der Waals surface area contributed by atoms with Crippen molar-refractivity contribution in [3.8, 4) is 0 Å². The first kappa shape index (κ1) is 13.8. The lowest BCUT2D eigenvalue weighted by Crippen LogP contribution is -2.01. The van der Waals surface area contributed by atoms with Gasteiger partial charge in [0.15, 0.2) is 0 Å². The molecule has 0 radical (unpaired) electrons. The van der Waals surface area contributed by atoms with Crippen LogP contribution in [-0.4, -0.2) is 9.97 Å². The second kappa shape index (κ2) is 5.59. The number of anilines is 2. The van der Waals surface area contributed by atoms with E-state index in [2.05, 4.69) is 37.9 Å². The zero-order chi connectivity index (χ0) is 13.3. The molecule has 3 nitrogen and oxygen atoms in total. The van der Waals surface area contributed by atoms with Crippen molar-refractivity contribution in [1.82, 2.24) is 9.97 Å². The number of rotatable bonds is 2. The highest BCUT2D eigenvalue weighted by atomic mass is 127. The van der Waals surface area contributed by atoms with Gasteiger partial charge in [0.2, 0.25) is 0 Å². The summed E-state index contributed by atoms with van der Waals surface area (Å²) in [7, 11) is 0. The number of hydrogen-bond donors (Lipinski definition) is 1. The number of nitrogens with zero attached hydrogens (tertiary/aromatic N) is 2. The maximum atomic E-state index is 6.17. The van der Waals surface area contributed by atoms with Gasteiger partial charge in [-0.05, 0) is 54.6 Å². The fourth-order valence-electron chi connectivity index (χ4n) is 1.43. The summed E-state index contributed by atoms with van der Waals surface area (Å²) in [6.07, 6.45) is 0. The first-order valence-electron chi connectivity index (χ1n) is 5.20. The van der Waals surface area contributed by atoms with E-state index in [9.17, 15) is 0 Å². The third kappa shape index (κ3) is 3.05. The molecule has 1 aromatic carbocycles. The number of nitrogens with one attached hydrogen (secondary N) is 1. The van der Waals surface area contributed by atoms with Gasteiger partial charge < -0.3 is 5.32 Å². The monoisotopic (exact) mass is 393 g/mol. The minimum Gasteiger partial charge on any atom is -0.339 e. The Kier molecular flexibility index (Phi) is 4.29. The lowest BCUT2D eigenvalue weighted by atomic mass is 10.3. The molecule has 2 aromatic rings. The molecule has 0 aliphatic heterocycles. The topological polar surface area (TPSA) is 37.8 Å². The molecule has 0 atom stereocenters. The largest absolute Gasteiger partial charge is 0.339 e. The molecule has 0 bridgehead atoms. The van der Waals surface area contributed by atoms with Gasteiger partial charge in [0.25, 0.3) is 0 Å². The number of benzene rings is 1. The molecule has 0 saturated carbocycles. The highest BCUT2D eigenvalue weighted by Crippen LogP contribution is 2.29. The normalized spacial score (nSPS) is 10.5. The Labute approximate surface area is 129 Å². The van der Waals surface area contributed by atoms with Crippen LogP contribution in [0.4, 0.5) is 11.5 Å². The van der Waals surface area contributed by atoms with Gasteiger partial charge in [0.05, 0.1) is 10.7 Å². The van der Waals surface area contributed by atoms with Crippen LogP contribution in [-0.2, 0) is 0 Å². The van der Waals surface area contributed by atoms with Crippen LogP contribution in [0.5, 0.6) is 0 Å². The summed E-state index contributed by atoms with van der Waals surface area (Å²) in [5.41, 5.74) is 1.60. The average Bonchev–Trinajstić information content (AvgIpc) is 2.29. The van der Waals surface area contributed by atoms with Crippen molar-refractivity contribution >= 4 is 57.3 Å². The van der Waals surface area contributed by atoms with Crippen LogP contribution < -0.4 is 5.32 Å². The maximum Gasteiger partial charge on any atom is 0.138 e. The van der Waals surface area contributed by atoms with Gasteiger partial charge in [-0.2, -0.15) is 0 Å². The quantitative estimate of drug-likeness (QED) is 0.591. The van der Waals surface area contributed by atoms with E-state index in [1.165, 1.54) is 0 Å². The Morgan fingerprint density at radius 1 is 1.17 bits per heavy atom. The molecule has 1 N–H and O–H groups in total. The Balaban J connectivity index is 2.40. The molecule has 6 heteroatoms. The van der Waals surface area contributed by atoms with Crippen molar-refractivity contribution in [2.75, 3.05) is 5.32 Å². The molecule has 0 unspecified atom stereocenters. The zero-order valence-electron chi connectivity index (χ0n) is 9.76. The lowest BCUT2D eigenvalue weighted by molar-refractivity contribution is 1.04. The van der Waals surface area contributed by atoms with Gasteiger partial charge in [-0.1, -0.05) is 23.2 Å². The summed E-state index contributed by atoms with van der Waals surface area (Å²) in [5, 5.41) is 4.28. The summed E-state index contributed by atoms with van der Waals surface area (Å²) in [5.74, 6) is 1.30.